The van der Waals surface area contributed by atoms with Crippen molar-refractivity contribution in [1.82, 2.24) is 4.31 Å². The van der Waals surface area contributed by atoms with E-state index in [1.807, 2.05) is 13.8 Å². The lowest BCUT2D eigenvalue weighted by Crippen LogP contribution is -2.29. The van der Waals surface area contributed by atoms with E-state index < -0.39 is 28.2 Å². The number of aliphatic imine (C=N–C) groups is 1. The van der Waals surface area contributed by atoms with Crippen molar-refractivity contribution in [3.8, 4) is 5.75 Å². The van der Waals surface area contributed by atoms with Gasteiger partial charge in [-0.15, -0.1) is 0 Å². The highest BCUT2D eigenvalue weighted by atomic mass is 32.2. The lowest BCUT2D eigenvalue weighted by Gasteiger charge is -2.16. The Bertz CT molecular complexity index is 1160. The number of ether oxygens (including phenoxy) is 1. The molecule has 33 heavy (non-hydrogen) atoms. The van der Waals surface area contributed by atoms with Crippen LogP contribution >= 0.6 is 0 Å². The Morgan fingerprint density at radius 1 is 1.30 bits per heavy atom. The predicted molar refractivity (Wildman–Crippen MR) is 123 cm³/mol. The largest absolute Gasteiger partial charge is 0.491 e. The maximum absolute atomic E-state index is 13.7. The average Bonchev–Trinajstić information content (AvgIpc) is 3.21. The number of benzene rings is 2. The van der Waals surface area contributed by atoms with E-state index in [4.69, 9.17) is 15.3 Å². The molecule has 3 rings (SSSR count). The van der Waals surface area contributed by atoms with Gasteiger partial charge in [-0.3, -0.25) is 9.79 Å². The number of nitrogens with zero attached hydrogens (tertiary/aromatic N) is 2. The molecule has 1 aliphatic rings. The van der Waals surface area contributed by atoms with Gasteiger partial charge >= 0.3 is 5.97 Å². The van der Waals surface area contributed by atoms with Gasteiger partial charge in [-0.2, -0.15) is 4.31 Å². The van der Waals surface area contributed by atoms with Crippen LogP contribution in [0, 0.1) is 17.1 Å². The van der Waals surface area contributed by atoms with Crippen LogP contribution in [0.4, 0.5) is 10.1 Å². The lowest BCUT2D eigenvalue weighted by molar-refractivity contribution is -0.135. The normalized spacial score (nSPS) is 17.0. The van der Waals surface area contributed by atoms with Crippen molar-refractivity contribution in [3.05, 3.63) is 53.8 Å². The topological polar surface area (TPSA) is 120 Å². The number of carboxylic acid groups (broad SMARTS) is 1. The van der Waals surface area contributed by atoms with Crippen molar-refractivity contribution in [2.45, 2.75) is 37.7 Å². The molecule has 0 bridgehead atoms. The monoisotopic (exact) mass is 475 g/mol. The molecule has 2 aromatic rings. The molecule has 0 spiro atoms. The van der Waals surface area contributed by atoms with E-state index in [1.54, 1.807) is 18.3 Å². The molecule has 1 unspecified atom stereocenters. The first-order chi connectivity index (χ1) is 15.6. The van der Waals surface area contributed by atoms with Crippen LogP contribution in [0.3, 0.4) is 0 Å². The van der Waals surface area contributed by atoms with Crippen molar-refractivity contribution in [2.24, 2.45) is 10.9 Å². The highest BCUT2D eigenvalue weighted by Gasteiger charge is 2.32. The van der Waals surface area contributed by atoms with E-state index in [9.17, 15) is 17.6 Å². The molecule has 0 aromatic heterocycles. The van der Waals surface area contributed by atoms with Crippen LogP contribution in [0.2, 0.25) is 0 Å². The maximum atomic E-state index is 13.7. The quantitative estimate of drug-likeness (QED) is 0.534. The second kappa shape index (κ2) is 10.2. The number of nitrogens with one attached hydrogen (secondary N) is 1. The molecule has 0 radical (unpaired) electrons. The van der Waals surface area contributed by atoms with Gasteiger partial charge in [0.1, 0.15) is 11.6 Å². The molecule has 0 amide bonds. The Kier molecular flexibility index (Phi) is 7.60. The van der Waals surface area contributed by atoms with Crippen molar-refractivity contribution < 1.29 is 27.4 Å². The summed E-state index contributed by atoms with van der Waals surface area (Å²) >= 11 is 0. The fourth-order valence-electron chi connectivity index (χ4n) is 3.50. The highest BCUT2D eigenvalue weighted by molar-refractivity contribution is 7.89. The molecule has 0 saturated carbocycles. The number of halogens is 1. The smallest absolute Gasteiger partial charge is 0.309 e. The third kappa shape index (κ3) is 6.23. The Balaban J connectivity index is 1.72. The van der Waals surface area contributed by atoms with Gasteiger partial charge in [0, 0.05) is 36.9 Å². The van der Waals surface area contributed by atoms with E-state index in [2.05, 4.69) is 4.99 Å². The van der Waals surface area contributed by atoms with Crippen LogP contribution in [-0.2, 0) is 14.8 Å². The number of carbonyl (C=O) groups is 1. The molecule has 176 valence electrons. The fraction of sp³-hybridized carbons (Fsp3) is 0.348. The molecule has 1 saturated heterocycles. The minimum atomic E-state index is -3.68. The third-order valence-corrected chi connectivity index (χ3v) is 6.94. The summed E-state index contributed by atoms with van der Waals surface area (Å²) < 4.78 is 46.6. The van der Waals surface area contributed by atoms with Crippen LogP contribution in [0.1, 0.15) is 32.3 Å². The zero-order chi connectivity index (χ0) is 24.2. The highest BCUT2D eigenvalue weighted by Crippen LogP contribution is 2.27. The van der Waals surface area contributed by atoms with Gasteiger partial charge in [-0.1, -0.05) is 0 Å². The number of aliphatic carboxylic acids is 1. The van der Waals surface area contributed by atoms with E-state index in [-0.39, 0.29) is 40.4 Å². The van der Waals surface area contributed by atoms with Gasteiger partial charge in [-0.25, -0.2) is 12.8 Å². The summed E-state index contributed by atoms with van der Waals surface area (Å²) in [4.78, 5) is 15.4. The molecule has 0 aliphatic carbocycles. The Hall–Kier alpha value is -3.11. The molecular formula is C23H26FN3O5S. The second-order valence-electron chi connectivity index (χ2n) is 8.04. The zero-order valence-corrected chi connectivity index (χ0v) is 19.2. The summed E-state index contributed by atoms with van der Waals surface area (Å²) in [7, 11) is -3.68. The van der Waals surface area contributed by atoms with Crippen molar-refractivity contribution >= 4 is 33.6 Å². The molecule has 10 heteroatoms. The van der Waals surface area contributed by atoms with Gasteiger partial charge in [0.05, 0.1) is 28.8 Å². The van der Waals surface area contributed by atoms with Crippen LogP contribution in [0.25, 0.3) is 0 Å². The van der Waals surface area contributed by atoms with Crippen molar-refractivity contribution in [2.75, 3.05) is 13.1 Å². The van der Waals surface area contributed by atoms with Crippen molar-refractivity contribution in [3.63, 3.8) is 0 Å². The minimum Gasteiger partial charge on any atom is -0.491 e. The summed E-state index contributed by atoms with van der Waals surface area (Å²) in [6.45, 7) is 4.30. The van der Waals surface area contributed by atoms with E-state index in [0.717, 1.165) is 12.1 Å². The minimum absolute atomic E-state index is 0.0162. The first kappa shape index (κ1) is 24.5. The molecule has 2 aromatic carbocycles. The molecule has 1 heterocycles. The summed E-state index contributed by atoms with van der Waals surface area (Å²) in [5, 5.41) is 16.9. The summed E-state index contributed by atoms with van der Waals surface area (Å²) in [5.41, 5.74) is 0.180. The van der Waals surface area contributed by atoms with Gasteiger partial charge in [0.2, 0.25) is 10.0 Å². The summed E-state index contributed by atoms with van der Waals surface area (Å²) in [5.74, 6) is -1.34. The van der Waals surface area contributed by atoms with Crippen LogP contribution < -0.4 is 4.74 Å². The van der Waals surface area contributed by atoms with Gasteiger partial charge in [0.15, 0.2) is 0 Å². The maximum Gasteiger partial charge on any atom is 0.309 e. The Labute approximate surface area is 192 Å². The number of rotatable bonds is 9. The van der Waals surface area contributed by atoms with Gasteiger partial charge < -0.3 is 15.3 Å². The van der Waals surface area contributed by atoms with Gasteiger partial charge in [0.25, 0.3) is 0 Å². The number of hydrogen-bond acceptors (Lipinski definition) is 6. The molecule has 8 nitrogen and oxygen atoms in total. The molecule has 2 N–H and O–H groups in total. The lowest BCUT2D eigenvalue weighted by atomic mass is 10.0. The fourth-order valence-corrected chi connectivity index (χ4v) is 5.02. The Morgan fingerprint density at radius 2 is 2.00 bits per heavy atom. The van der Waals surface area contributed by atoms with Crippen LogP contribution in [0.5, 0.6) is 5.75 Å². The molecule has 1 atom stereocenters. The third-order valence-electron chi connectivity index (χ3n) is 5.06. The average molecular weight is 476 g/mol. The van der Waals surface area contributed by atoms with Gasteiger partial charge in [-0.05, 0) is 56.7 Å². The van der Waals surface area contributed by atoms with E-state index in [1.165, 1.54) is 22.5 Å². The van der Waals surface area contributed by atoms with E-state index in [0.29, 0.717) is 18.7 Å². The number of carboxylic acids is 1. The van der Waals surface area contributed by atoms with Crippen molar-refractivity contribution in [1.29, 1.82) is 5.41 Å². The standard InChI is InChI=1S/C23H26FN3O5S/c1-15(2)32-18-4-6-19(7-5-18)33(30,31)27-10-9-16(14-27)13-26-22-11-17(24)3-8-20(22)21(25)12-23(28)29/h3-8,11,13,15-16,25H,9-10,12,14H2,1-2H3,(H,28,29). The van der Waals surface area contributed by atoms with Crippen LogP contribution in [-0.4, -0.2) is 54.9 Å². The number of hydrogen-bond donors (Lipinski definition) is 2. The number of sulfonamides is 1. The summed E-state index contributed by atoms with van der Waals surface area (Å²) in [6, 6.07) is 9.88. The first-order valence-corrected chi connectivity index (χ1v) is 11.9. The zero-order valence-electron chi connectivity index (χ0n) is 18.4. The van der Waals surface area contributed by atoms with Crippen LogP contribution in [0.15, 0.2) is 52.4 Å². The second-order valence-corrected chi connectivity index (χ2v) is 9.98. The summed E-state index contributed by atoms with van der Waals surface area (Å²) in [6.07, 6.45) is 1.55. The van der Waals surface area contributed by atoms with E-state index >= 15 is 0 Å². The molecule has 1 fully saturated rings. The molecule has 1 aliphatic heterocycles. The predicted octanol–water partition coefficient (Wildman–Crippen LogP) is 3.87. The molecular weight excluding hydrogens is 449 g/mol. The SMILES string of the molecule is CC(C)Oc1ccc(S(=O)(=O)N2CCC(C=Nc3cc(F)ccc3C(=N)CC(=O)O)C2)cc1. The first-order valence-electron chi connectivity index (χ1n) is 10.5. The Morgan fingerprint density at radius 3 is 2.64 bits per heavy atom.